The number of para-hydroxylation sites is 2. The van der Waals surface area contributed by atoms with E-state index >= 15 is 0 Å². The molecule has 4 rings (SSSR count). The molecule has 1 aliphatic rings. The molecule has 194 valence electrons. The van der Waals surface area contributed by atoms with Crippen LogP contribution in [0.2, 0.25) is 0 Å². The van der Waals surface area contributed by atoms with Crippen molar-refractivity contribution < 1.29 is 24.3 Å². The van der Waals surface area contributed by atoms with Crippen LogP contribution in [0.15, 0.2) is 60.7 Å². The molecule has 3 aromatic rings. The molecule has 1 aromatic heterocycles. The quantitative estimate of drug-likeness (QED) is 0.489. The lowest BCUT2D eigenvalue weighted by Gasteiger charge is -2.31. The summed E-state index contributed by atoms with van der Waals surface area (Å²) in [5.41, 5.74) is 1.57. The molecule has 0 aliphatic carbocycles. The third-order valence-electron chi connectivity index (χ3n) is 6.57. The molecule has 1 fully saturated rings. The molecule has 9 nitrogen and oxygen atoms in total. The zero-order chi connectivity index (χ0) is 26.5. The summed E-state index contributed by atoms with van der Waals surface area (Å²) in [4.78, 5) is 54.7. The molecule has 0 spiro atoms. The van der Waals surface area contributed by atoms with Gasteiger partial charge in [0.1, 0.15) is 24.8 Å². The maximum Gasteiger partial charge on any atom is 0.323 e. The minimum atomic E-state index is -1.07. The van der Waals surface area contributed by atoms with Crippen LogP contribution in [0.5, 0.6) is 0 Å². The highest BCUT2D eigenvalue weighted by Gasteiger charge is 2.32. The van der Waals surface area contributed by atoms with Gasteiger partial charge in [0.05, 0.1) is 0 Å². The minimum absolute atomic E-state index is 0.0858. The van der Waals surface area contributed by atoms with Gasteiger partial charge in [0.15, 0.2) is 0 Å². The van der Waals surface area contributed by atoms with Crippen molar-refractivity contribution >= 4 is 40.3 Å². The minimum Gasteiger partial charge on any atom is -0.480 e. The summed E-state index contributed by atoms with van der Waals surface area (Å²) in [5.74, 6) is -2.09. The maximum absolute atomic E-state index is 13.5. The topological polar surface area (TPSA) is 112 Å². The van der Waals surface area contributed by atoms with E-state index in [1.807, 2.05) is 56.3 Å². The van der Waals surface area contributed by atoms with Gasteiger partial charge in [-0.05, 0) is 57.4 Å². The molecular weight excluding hydrogens is 472 g/mol. The summed E-state index contributed by atoms with van der Waals surface area (Å²) in [6.07, 6.45) is 1.88. The highest BCUT2D eigenvalue weighted by molar-refractivity contribution is 6.02. The number of amides is 3. The van der Waals surface area contributed by atoms with Crippen molar-refractivity contribution in [3.63, 3.8) is 0 Å². The first-order valence-electron chi connectivity index (χ1n) is 12.5. The number of aliphatic carboxylic acids is 1. The Labute approximate surface area is 215 Å². The van der Waals surface area contributed by atoms with Crippen LogP contribution < -0.4 is 10.2 Å². The van der Waals surface area contributed by atoms with Crippen LogP contribution in [0.4, 0.5) is 5.69 Å². The van der Waals surface area contributed by atoms with E-state index in [2.05, 4.69) is 5.32 Å². The smallest absolute Gasteiger partial charge is 0.323 e. The highest BCUT2D eigenvalue weighted by Crippen LogP contribution is 2.22. The van der Waals surface area contributed by atoms with Gasteiger partial charge in [0.25, 0.3) is 5.91 Å². The van der Waals surface area contributed by atoms with Gasteiger partial charge in [0, 0.05) is 29.2 Å². The highest BCUT2D eigenvalue weighted by atomic mass is 16.4. The first kappa shape index (κ1) is 25.9. The van der Waals surface area contributed by atoms with Gasteiger partial charge in [0.2, 0.25) is 11.8 Å². The fourth-order valence-electron chi connectivity index (χ4n) is 4.89. The molecule has 1 aliphatic heterocycles. The summed E-state index contributed by atoms with van der Waals surface area (Å²) >= 11 is 0. The lowest BCUT2D eigenvalue weighted by molar-refractivity contribution is -0.137. The van der Waals surface area contributed by atoms with Gasteiger partial charge in [-0.2, -0.15) is 0 Å². The molecule has 37 heavy (non-hydrogen) atoms. The molecule has 1 saturated heterocycles. The number of hydrogen-bond acceptors (Lipinski definition) is 4. The molecule has 2 heterocycles. The fraction of sp³-hybridized carbons (Fsp3) is 0.357. The second-order valence-corrected chi connectivity index (χ2v) is 9.54. The van der Waals surface area contributed by atoms with E-state index in [1.54, 1.807) is 23.1 Å². The van der Waals surface area contributed by atoms with Gasteiger partial charge in [-0.3, -0.25) is 19.2 Å². The average Bonchev–Trinajstić information content (AvgIpc) is 3.14. The number of fused-ring (bicyclic) bond motifs is 1. The molecule has 2 aromatic carbocycles. The van der Waals surface area contributed by atoms with E-state index in [4.69, 9.17) is 0 Å². The van der Waals surface area contributed by atoms with Gasteiger partial charge in [-0.1, -0.05) is 36.4 Å². The van der Waals surface area contributed by atoms with Crippen LogP contribution >= 0.6 is 0 Å². The van der Waals surface area contributed by atoms with Gasteiger partial charge in [-0.25, -0.2) is 0 Å². The number of likely N-dealkylation sites (tertiary alicyclic amines) is 1. The first-order chi connectivity index (χ1) is 17.8. The van der Waals surface area contributed by atoms with Crippen LogP contribution in [0.25, 0.3) is 10.9 Å². The van der Waals surface area contributed by atoms with Crippen LogP contribution in [0.1, 0.15) is 43.6 Å². The third kappa shape index (κ3) is 5.82. The monoisotopic (exact) mass is 504 g/mol. The number of aromatic nitrogens is 1. The van der Waals surface area contributed by atoms with Crippen LogP contribution in [0.3, 0.4) is 0 Å². The van der Waals surface area contributed by atoms with E-state index in [9.17, 15) is 24.3 Å². The number of nitrogens with one attached hydrogen (secondary N) is 1. The van der Waals surface area contributed by atoms with Gasteiger partial charge >= 0.3 is 5.97 Å². The molecule has 3 amide bonds. The van der Waals surface area contributed by atoms with E-state index in [1.165, 1.54) is 9.47 Å². The Kier molecular flexibility index (Phi) is 7.91. The average molecular weight is 505 g/mol. The molecule has 0 radical (unpaired) electrons. The number of anilines is 1. The lowest BCUT2D eigenvalue weighted by atomic mass is 10.1. The molecule has 0 saturated carbocycles. The lowest BCUT2D eigenvalue weighted by Crippen LogP contribution is -2.51. The number of carboxylic acid groups (broad SMARTS) is 1. The van der Waals surface area contributed by atoms with Crippen molar-refractivity contribution in [1.29, 1.82) is 0 Å². The number of carbonyl (C=O) groups is 4. The Balaban J connectivity index is 1.52. The van der Waals surface area contributed by atoms with E-state index in [0.29, 0.717) is 24.9 Å². The third-order valence-corrected chi connectivity index (χ3v) is 6.57. The number of rotatable bonds is 8. The SMILES string of the molecule is CC(C)N(C(=O)CN1CCCC[C@H](NC(=O)c2cc3ccccc3n2CC(=O)O)C1=O)c1ccccc1. The van der Waals surface area contributed by atoms with Crippen molar-refractivity contribution in [2.75, 3.05) is 18.0 Å². The maximum atomic E-state index is 13.5. The second-order valence-electron chi connectivity index (χ2n) is 9.54. The number of carbonyl (C=O) groups excluding carboxylic acids is 3. The van der Waals surface area contributed by atoms with Gasteiger partial charge < -0.3 is 24.8 Å². The van der Waals surface area contributed by atoms with Crippen molar-refractivity contribution in [3.05, 3.63) is 66.4 Å². The second kappa shape index (κ2) is 11.3. The zero-order valence-electron chi connectivity index (χ0n) is 21.1. The Morgan fingerprint density at radius 2 is 1.73 bits per heavy atom. The molecule has 9 heteroatoms. The predicted octanol–water partition coefficient (Wildman–Crippen LogP) is 3.28. The largest absolute Gasteiger partial charge is 0.480 e. The number of benzene rings is 2. The van der Waals surface area contributed by atoms with E-state index < -0.39 is 17.9 Å². The summed E-state index contributed by atoms with van der Waals surface area (Å²) in [5, 5.41) is 12.9. The molecule has 2 N–H and O–H groups in total. The van der Waals surface area contributed by atoms with Crippen LogP contribution in [-0.2, 0) is 20.9 Å². The molecular formula is C28H32N4O5. The number of nitrogens with zero attached hydrogens (tertiary/aromatic N) is 3. The standard InChI is InChI=1S/C28H32N4O5/c1-19(2)32(21-11-4-3-5-12-21)25(33)17-30-15-9-8-13-22(28(30)37)29-27(36)24-16-20-10-6-7-14-23(20)31(24)18-26(34)35/h3-7,10-12,14,16,19,22H,8-9,13,15,17-18H2,1-2H3,(H,29,36)(H,34,35)/t22-/m0/s1. The van der Waals surface area contributed by atoms with Crippen LogP contribution in [-0.4, -0.2) is 63.4 Å². The summed E-state index contributed by atoms with van der Waals surface area (Å²) in [7, 11) is 0. The number of carboxylic acids is 1. The Morgan fingerprint density at radius 1 is 1.03 bits per heavy atom. The van der Waals surface area contributed by atoms with Crippen molar-refractivity contribution in [1.82, 2.24) is 14.8 Å². The Bertz CT molecular complexity index is 1300. The molecule has 0 unspecified atom stereocenters. The predicted molar refractivity (Wildman–Crippen MR) is 140 cm³/mol. The summed E-state index contributed by atoms with van der Waals surface area (Å²) < 4.78 is 1.44. The Hall–Kier alpha value is -4.14. The van der Waals surface area contributed by atoms with Crippen molar-refractivity contribution in [2.24, 2.45) is 0 Å². The normalized spacial score (nSPS) is 16.0. The fourth-order valence-corrected chi connectivity index (χ4v) is 4.89. The summed E-state index contributed by atoms with van der Waals surface area (Å²) in [6.45, 7) is 3.82. The Morgan fingerprint density at radius 3 is 2.43 bits per heavy atom. The van der Waals surface area contributed by atoms with Crippen molar-refractivity contribution in [3.8, 4) is 0 Å². The van der Waals surface area contributed by atoms with Crippen molar-refractivity contribution in [2.45, 2.75) is 51.7 Å². The first-order valence-corrected chi connectivity index (χ1v) is 12.5. The van der Waals surface area contributed by atoms with E-state index in [-0.39, 0.29) is 36.6 Å². The van der Waals surface area contributed by atoms with E-state index in [0.717, 1.165) is 17.5 Å². The molecule has 1 atom stereocenters. The summed E-state index contributed by atoms with van der Waals surface area (Å²) in [6, 6.07) is 17.2. The van der Waals surface area contributed by atoms with Gasteiger partial charge in [-0.15, -0.1) is 0 Å². The zero-order valence-corrected chi connectivity index (χ0v) is 21.1. The van der Waals surface area contributed by atoms with Crippen LogP contribution in [0, 0.1) is 0 Å². The molecule has 0 bridgehead atoms. The number of hydrogen-bond donors (Lipinski definition) is 2.